The summed E-state index contributed by atoms with van der Waals surface area (Å²) >= 11 is 0. The summed E-state index contributed by atoms with van der Waals surface area (Å²) in [6.07, 6.45) is 6.14. The molecule has 0 spiro atoms. The van der Waals surface area contributed by atoms with Crippen molar-refractivity contribution in [3.8, 4) is 0 Å². The van der Waals surface area contributed by atoms with E-state index in [1.54, 1.807) is 0 Å². The summed E-state index contributed by atoms with van der Waals surface area (Å²) in [5.41, 5.74) is 5.74. The molecular formula is C15H21FN2O2S. The number of benzene rings is 1. The van der Waals surface area contributed by atoms with E-state index in [2.05, 4.69) is 0 Å². The fourth-order valence-electron chi connectivity index (χ4n) is 3.73. The van der Waals surface area contributed by atoms with E-state index in [1.165, 1.54) is 22.9 Å². The molecule has 0 radical (unpaired) electrons. The van der Waals surface area contributed by atoms with Crippen LogP contribution in [0.25, 0.3) is 0 Å². The number of sulfonamides is 1. The quantitative estimate of drug-likeness (QED) is 0.854. The van der Waals surface area contributed by atoms with E-state index >= 15 is 0 Å². The highest BCUT2D eigenvalue weighted by atomic mass is 32.2. The highest BCUT2D eigenvalue weighted by Gasteiger charge is 2.40. The number of anilines is 1. The van der Waals surface area contributed by atoms with Crippen LogP contribution in [0.2, 0.25) is 0 Å². The van der Waals surface area contributed by atoms with Crippen LogP contribution in [0.3, 0.4) is 0 Å². The average Bonchev–Trinajstić information content (AvgIpc) is 2.46. The third kappa shape index (κ3) is 2.66. The lowest BCUT2D eigenvalue weighted by molar-refractivity contribution is 0.129. The first-order valence-corrected chi connectivity index (χ1v) is 9.01. The van der Waals surface area contributed by atoms with Crippen LogP contribution >= 0.6 is 0 Å². The zero-order valence-corrected chi connectivity index (χ0v) is 12.8. The van der Waals surface area contributed by atoms with Crippen molar-refractivity contribution in [2.75, 3.05) is 12.3 Å². The topological polar surface area (TPSA) is 63.4 Å². The van der Waals surface area contributed by atoms with Crippen LogP contribution in [0.15, 0.2) is 23.1 Å². The second-order valence-corrected chi connectivity index (χ2v) is 7.92. The molecule has 1 saturated heterocycles. The number of nitrogens with two attached hydrogens (primary N) is 1. The highest BCUT2D eigenvalue weighted by molar-refractivity contribution is 7.89. The van der Waals surface area contributed by atoms with Gasteiger partial charge in [-0.3, -0.25) is 0 Å². The smallest absolute Gasteiger partial charge is 0.246 e. The van der Waals surface area contributed by atoms with Crippen molar-refractivity contribution < 1.29 is 12.8 Å². The molecule has 2 atom stereocenters. The molecule has 116 valence electrons. The van der Waals surface area contributed by atoms with Gasteiger partial charge in [0.25, 0.3) is 0 Å². The molecule has 1 saturated carbocycles. The molecule has 21 heavy (non-hydrogen) atoms. The summed E-state index contributed by atoms with van der Waals surface area (Å²) < 4.78 is 41.2. The standard InChI is InChI=1S/C15H21FN2O2S/c16-13-10-12(17)7-8-15(13)21(19,20)18-9-3-5-11-4-1-2-6-14(11)18/h7-8,10-11,14H,1-6,9,17H2. The number of nitrogens with zero attached hydrogens (tertiary/aromatic N) is 1. The Hall–Kier alpha value is -1.14. The van der Waals surface area contributed by atoms with Crippen LogP contribution in [-0.2, 0) is 10.0 Å². The highest BCUT2D eigenvalue weighted by Crippen LogP contribution is 2.38. The lowest BCUT2D eigenvalue weighted by Crippen LogP contribution is -2.49. The second-order valence-electron chi connectivity index (χ2n) is 6.06. The van der Waals surface area contributed by atoms with Crippen LogP contribution in [-0.4, -0.2) is 25.3 Å². The van der Waals surface area contributed by atoms with Crippen molar-refractivity contribution >= 4 is 15.7 Å². The Balaban J connectivity index is 1.96. The van der Waals surface area contributed by atoms with E-state index in [9.17, 15) is 12.8 Å². The van der Waals surface area contributed by atoms with Crippen molar-refractivity contribution in [3.63, 3.8) is 0 Å². The van der Waals surface area contributed by atoms with E-state index < -0.39 is 15.8 Å². The van der Waals surface area contributed by atoms with Crippen molar-refractivity contribution in [1.82, 2.24) is 4.31 Å². The predicted octanol–water partition coefficient (Wildman–Crippen LogP) is 2.75. The number of halogens is 1. The van der Waals surface area contributed by atoms with Gasteiger partial charge in [-0.05, 0) is 49.8 Å². The first-order valence-electron chi connectivity index (χ1n) is 7.57. The zero-order chi connectivity index (χ0) is 15.0. The number of nitrogen functional groups attached to an aromatic ring is 1. The third-order valence-electron chi connectivity index (χ3n) is 4.73. The maximum atomic E-state index is 14.0. The fourth-order valence-corrected chi connectivity index (χ4v) is 5.53. The Morgan fingerprint density at radius 2 is 1.86 bits per heavy atom. The van der Waals surface area contributed by atoms with Gasteiger partial charge >= 0.3 is 0 Å². The second kappa shape index (κ2) is 5.57. The Morgan fingerprint density at radius 3 is 2.62 bits per heavy atom. The summed E-state index contributed by atoms with van der Waals surface area (Å²) in [6, 6.07) is 3.84. The van der Waals surface area contributed by atoms with Crippen molar-refractivity contribution in [1.29, 1.82) is 0 Å². The molecule has 2 fully saturated rings. The van der Waals surface area contributed by atoms with E-state index in [0.29, 0.717) is 12.5 Å². The number of rotatable bonds is 2. The van der Waals surface area contributed by atoms with Crippen LogP contribution in [0.4, 0.5) is 10.1 Å². The Morgan fingerprint density at radius 1 is 1.14 bits per heavy atom. The van der Waals surface area contributed by atoms with Gasteiger partial charge < -0.3 is 5.73 Å². The first kappa shape index (κ1) is 14.8. The minimum Gasteiger partial charge on any atom is -0.399 e. The Kier molecular flexibility index (Phi) is 3.92. The van der Waals surface area contributed by atoms with Crippen molar-refractivity contribution in [2.45, 2.75) is 49.5 Å². The molecule has 0 aromatic heterocycles. The van der Waals surface area contributed by atoms with Crippen LogP contribution in [0.5, 0.6) is 0 Å². The number of hydrogen-bond acceptors (Lipinski definition) is 3. The maximum Gasteiger partial charge on any atom is 0.246 e. The molecule has 2 N–H and O–H groups in total. The summed E-state index contributed by atoms with van der Waals surface area (Å²) in [5, 5.41) is 0. The Bertz CT molecular complexity index is 631. The monoisotopic (exact) mass is 312 g/mol. The molecule has 2 aliphatic rings. The molecular weight excluding hydrogens is 291 g/mol. The summed E-state index contributed by atoms with van der Waals surface area (Å²) in [7, 11) is -3.78. The van der Waals surface area contributed by atoms with Crippen LogP contribution in [0, 0.1) is 11.7 Å². The largest absolute Gasteiger partial charge is 0.399 e. The lowest BCUT2D eigenvalue weighted by atomic mass is 9.79. The molecule has 1 aliphatic carbocycles. The van der Waals surface area contributed by atoms with Gasteiger partial charge in [0.1, 0.15) is 10.7 Å². The van der Waals surface area contributed by atoms with Gasteiger partial charge in [-0.15, -0.1) is 0 Å². The van der Waals surface area contributed by atoms with Gasteiger partial charge in [0.05, 0.1) is 0 Å². The molecule has 1 aromatic carbocycles. The van der Waals surface area contributed by atoms with E-state index in [1.807, 2.05) is 0 Å². The molecule has 6 heteroatoms. The SMILES string of the molecule is Nc1ccc(S(=O)(=O)N2CCCC3CCCCC32)c(F)c1. The molecule has 1 heterocycles. The molecule has 1 aromatic rings. The molecule has 2 unspecified atom stereocenters. The van der Waals surface area contributed by atoms with Crippen LogP contribution in [0.1, 0.15) is 38.5 Å². The zero-order valence-electron chi connectivity index (χ0n) is 12.0. The predicted molar refractivity (Wildman–Crippen MR) is 79.7 cm³/mol. The number of hydrogen-bond donors (Lipinski definition) is 1. The maximum absolute atomic E-state index is 14.0. The molecule has 0 bridgehead atoms. The van der Waals surface area contributed by atoms with Crippen LogP contribution < -0.4 is 5.73 Å². The van der Waals surface area contributed by atoms with Gasteiger partial charge in [-0.25, -0.2) is 12.8 Å². The van der Waals surface area contributed by atoms with Crippen molar-refractivity contribution in [3.05, 3.63) is 24.0 Å². The molecule has 4 nitrogen and oxygen atoms in total. The average molecular weight is 312 g/mol. The van der Waals surface area contributed by atoms with Crippen molar-refractivity contribution in [2.24, 2.45) is 5.92 Å². The number of fused-ring (bicyclic) bond motifs is 1. The van der Waals surface area contributed by atoms with Gasteiger partial charge in [0.15, 0.2) is 0 Å². The summed E-state index contributed by atoms with van der Waals surface area (Å²) in [4.78, 5) is -0.247. The minimum atomic E-state index is -3.78. The molecule has 0 amide bonds. The Labute approximate surface area is 125 Å². The fraction of sp³-hybridized carbons (Fsp3) is 0.600. The van der Waals surface area contributed by atoms with Gasteiger partial charge in [-0.1, -0.05) is 12.8 Å². The third-order valence-corrected chi connectivity index (χ3v) is 6.69. The van der Waals surface area contributed by atoms with E-state index in [4.69, 9.17) is 5.73 Å². The number of piperidine rings is 1. The lowest BCUT2D eigenvalue weighted by Gasteiger charge is -2.43. The molecule has 1 aliphatic heterocycles. The van der Waals surface area contributed by atoms with E-state index in [0.717, 1.165) is 38.2 Å². The van der Waals surface area contributed by atoms with Gasteiger partial charge in [0, 0.05) is 18.3 Å². The first-order chi connectivity index (χ1) is 10.00. The van der Waals surface area contributed by atoms with Gasteiger partial charge in [-0.2, -0.15) is 4.31 Å². The normalized spacial score (nSPS) is 27.3. The summed E-state index contributed by atoms with van der Waals surface area (Å²) in [6.45, 7) is 0.493. The van der Waals surface area contributed by atoms with Gasteiger partial charge in [0.2, 0.25) is 10.0 Å². The van der Waals surface area contributed by atoms with E-state index in [-0.39, 0.29) is 16.6 Å². The minimum absolute atomic E-state index is 0.0365. The molecule has 3 rings (SSSR count). The summed E-state index contributed by atoms with van der Waals surface area (Å²) in [5.74, 6) is -0.327.